The Hall–Kier alpha value is -1.64. The van der Waals surface area contributed by atoms with E-state index in [9.17, 15) is 8.42 Å². The summed E-state index contributed by atoms with van der Waals surface area (Å²) >= 11 is 0. The second-order valence-electron chi connectivity index (χ2n) is 9.21. The van der Waals surface area contributed by atoms with Crippen molar-refractivity contribution in [1.29, 1.82) is 0 Å². The molecule has 7 nitrogen and oxygen atoms in total. The van der Waals surface area contributed by atoms with Gasteiger partial charge in [-0.15, -0.1) is 0 Å². The zero-order valence-corrected chi connectivity index (χ0v) is 20.1. The van der Waals surface area contributed by atoms with E-state index in [-0.39, 0.29) is 4.90 Å². The fourth-order valence-electron chi connectivity index (χ4n) is 3.59. The highest BCUT2D eigenvalue weighted by Crippen LogP contribution is 2.19. The first kappa shape index (κ1) is 24.6. The van der Waals surface area contributed by atoms with Crippen LogP contribution in [0.25, 0.3) is 0 Å². The van der Waals surface area contributed by atoms with Gasteiger partial charge in [-0.1, -0.05) is 18.2 Å². The van der Waals surface area contributed by atoms with Crippen molar-refractivity contribution < 1.29 is 8.42 Å². The van der Waals surface area contributed by atoms with E-state index in [0.717, 1.165) is 38.4 Å². The summed E-state index contributed by atoms with van der Waals surface area (Å²) in [5, 5.41) is 6.82. The van der Waals surface area contributed by atoms with Crippen LogP contribution >= 0.6 is 0 Å². The molecule has 0 amide bonds. The van der Waals surface area contributed by atoms with Crippen molar-refractivity contribution in [3.05, 3.63) is 29.8 Å². The van der Waals surface area contributed by atoms with Crippen LogP contribution in [0.5, 0.6) is 0 Å². The van der Waals surface area contributed by atoms with E-state index in [1.807, 2.05) is 39.8 Å². The van der Waals surface area contributed by atoms with Crippen LogP contribution < -0.4 is 15.4 Å². The third-order valence-corrected chi connectivity index (χ3v) is 6.91. The van der Waals surface area contributed by atoms with Gasteiger partial charge in [-0.25, -0.2) is 18.1 Å². The molecule has 0 radical (unpaired) electrons. The number of sulfonamides is 1. The Bertz CT molecular complexity index is 807. The van der Waals surface area contributed by atoms with E-state index in [1.165, 1.54) is 0 Å². The number of nitrogens with one attached hydrogen (secondary N) is 3. The monoisotopic (exact) mass is 437 g/mol. The molecule has 0 aliphatic carbocycles. The first-order valence-electron chi connectivity index (χ1n) is 10.9. The number of piperidine rings is 1. The lowest BCUT2D eigenvalue weighted by Crippen LogP contribution is -2.49. The minimum atomic E-state index is -3.62. The molecule has 1 heterocycles. The predicted molar refractivity (Wildman–Crippen MR) is 124 cm³/mol. The molecule has 0 aromatic heterocycles. The maximum absolute atomic E-state index is 12.8. The van der Waals surface area contributed by atoms with Gasteiger partial charge in [0.1, 0.15) is 0 Å². The van der Waals surface area contributed by atoms with Crippen LogP contribution in [0.3, 0.4) is 0 Å². The molecule has 2 rings (SSSR count). The SMILES string of the molecule is CCNC(=NCc1ccccc1S(=O)(=O)NC(C)(C)C)NC1CCN(C(C)C)CC1. The first-order chi connectivity index (χ1) is 14.0. The molecule has 0 saturated carbocycles. The molecule has 30 heavy (non-hydrogen) atoms. The number of nitrogens with zero attached hydrogens (tertiary/aromatic N) is 2. The Morgan fingerprint density at radius 3 is 2.40 bits per heavy atom. The van der Waals surface area contributed by atoms with Crippen molar-refractivity contribution in [2.75, 3.05) is 19.6 Å². The number of hydrogen-bond acceptors (Lipinski definition) is 4. The zero-order valence-electron chi connectivity index (χ0n) is 19.3. The van der Waals surface area contributed by atoms with Gasteiger partial charge < -0.3 is 15.5 Å². The standard InChI is InChI=1S/C22H39N5O2S/c1-7-23-21(25-19-12-14-27(15-13-19)17(2)3)24-16-18-10-8-9-11-20(18)30(28,29)26-22(4,5)6/h8-11,17,19,26H,7,12-16H2,1-6H3,(H2,23,24,25). The largest absolute Gasteiger partial charge is 0.357 e. The van der Waals surface area contributed by atoms with Gasteiger partial charge in [-0.2, -0.15) is 0 Å². The van der Waals surface area contributed by atoms with Crippen LogP contribution in [0.2, 0.25) is 0 Å². The molecule has 0 bridgehead atoms. The Morgan fingerprint density at radius 2 is 1.83 bits per heavy atom. The Balaban J connectivity index is 2.12. The van der Waals surface area contributed by atoms with Crippen LogP contribution in [-0.2, 0) is 16.6 Å². The molecule has 1 fully saturated rings. The summed E-state index contributed by atoms with van der Waals surface area (Å²) in [6.45, 7) is 15.2. The molecule has 170 valence electrons. The summed E-state index contributed by atoms with van der Waals surface area (Å²) < 4.78 is 28.4. The number of aliphatic imine (C=N–C) groups is 1. The van der Waals surface area contributed by atoms with Crippen molar-refractivity contribution in [2.45, 2.75) is 83.4 Å². The number of benzene rings is 1. The quantitative estimate of drug-likeness (QED) is 0.451. The van der Waals surface area contributed by atoms with Crippen LogP contribution in [0.15, 0.2) is 34.2 Å². The molecule has 8 heteroatoms. The molecule has 0 atom stereocenters. The van der Waals surface area contributed by atoms with Gasteiger partial charge in [0.15, 0.2) is 5.96 Å². The minimum absolute atomic E-state index is 0.282. The van der Waals surface area contributed by atoms with Crippen LogP contribution in [0.1, 0.15) is 59.9 Å². The number of rotatable bonds is 7. The van der Waals surface area contributed by atoms with Gasteiger partial charge in [0.25, 0.3) is 0 Å². The van der Waals surface area contributed by atoms with Gasteiger partial charge in [-0.05, 0) is 66.0 Å². The van der Waals surface area contributed by atoms with Crippen molar-refractivity contribution >= 4 is 16.0 Å². The van der Waals surface area contributed by atoms with Crippen molar-refractivity contribution in [3.63, 3.8) is 0 Å². The number of guanidine groups is 1. The maximum Gasteiger partial charge on any atom is 0.241 e. The molecule has 1 aromatic carbocycles. The molecule has 1 aliphatic rings. The van der Waals surface area contributed by atoms with Crippen molar-refractivity contribution in [1.82, 2.24) is 20.3 Å². The fraction of sp³-hybridized carbons (Fsp3) is 0.682. The predicted octanol–water partition coefficient (Wildman–Crippen LogP) is 2.69. The average molecular weight is 438 g/mol. The molecular weight excluding hydrogens is 398 g/mol. The van der Waals surface area contributed by atoms with E-state index in [4.69, 9.17) is 4.99 Å². The first-order valence-corrected chi connectivity index (χ1v) is 12.4. The lowest BCUT2D eigenvalue weighted by Gasteiger charge is -2.35. The third-order valence-electron chi connectivity index (χ3n) is 5.06. The molecule has 0 unspecified atom stereocenters. The van der Waals surface area contributed by atoms with Gasteiger partial charge in [0.2, 0.25) is 10.0 Å². The van der Waals surface area contributed by atoms with E-state index in [1.54, 1.807) is 12.1 Å². The minimum Gasteiger partial charge on any atom is -0.357 e. The highest BCUT2D eigenvalue weighted by atomic mass is 32.2. The summed E-state index contributed by atoms with van der Waals surface area (Å²) in [4.78, 5) is 7.47. The second kappa shape index (κ2) is 10.6. The number of likely N-dealkylation sites (tertiary alicyclic amines) is 1. The highest BCUT2D eigenvalue weighted by Gasteiger charge is 2.24. The van der Waals surface area contributed by atoms with Crippen LogP contribution in [-0.4, -0.2) is 56.5 Å². The molecule has 1 aliphatic heterocycles. The Kier molecular flexibility index (Phi) is 8.70. The number of hydrogen-bond donors (Lipinski definition) is 3. The van der Waals surface area contributed by atoms with Gasteiger partial charge in [0, 0.05) is 37.3 Å². The molecule has 1 saturated heterocycles. The second-order valence-corrected chi connectivity index (χ2v) is 10.9. The normalized spacial score (nSPS) is 17.4. The van der Waals surface area contributed by atoms with E-state index in [2.05, 4.69) is 34.1 Å². The Morgan fingerprint density at radius 1 is 1.20 bits per heavy atom. The van der Waals surface area contributed by atoms with E-state index < -0.39 is 15.6 Å². The summed E-state index contributed by atoms with van der Waals surface area (Å²) in [7, 11) is -3.62. The fourth-order valence-corrected chi connectivity index (χ4v) is 5.24. The van der Waals surface area contributed by atoms with E-state index >= 15 is 0 Å². The molecule has 1 aromatic rings. The third kappa shape index (κ3) is 7.56. The summed E-state index contributed by atoms with van der Waals surface area (Å²) in [6.07, 6.45) is 2.14. The van der Waals surface area contributed by atoms with Crippen molar-refractivity contribution in [3.8, 4) is 0 Å². The van der Waals surface area contributed by atoms with Gasteiger partial charge in [-0.3, -0.25) is 0 Å². The Labute approximate surface area is 182 Å². The van der Waals surface area contributed by atoms with E-state index in [0.29, 0.717) is 24.2 Å². The maximum atomic E-state index is 12.8. The van der Waals surface area contributed by atoms with Crippen LogP contribution in [0, 0.1) is 0 Å². The summed E-state index contributed by atoms with van der Waals surface area (Å²) in [5.41, 5.74) is 0.136. The zero-order chi connectivity index (χ0) is 22.4. The lowest BCUT2D eigenvalue weighted by molar-refractivity contribution is 0.167. The van der Waals surface area contributed by atoms with Gasteiger partial charge >= 0.3 is 0 Å². The molecule has 0 spiro atoms. The molecule has 3 N–H and O–H groups in total. The smallest absolute Gasteiger partial charge is 0.241 e. The highest BCUT2D eigenvalue weighted by molar-refractivity contribution is 7.89. The summed E-state index contributed by atoms with van der Waals surface area (Å²) in [6, 6.07) is 8.01. The lowest BCUT2D eigenvalue weighted by atomic mass is 10.0. The summed E-state index contributed by atoms with van der Waals surface area (Å²) in [5.74, 6) is 0.733. The van der Waals surface area contributed by atoms with Crippen LogP contribution in [0.4, 0.5) is 0 Å². The van der Waals surface area contributed by atoms with Crippen molar-refractivity contribution in [2.24, 2.45) is 4.99 Å². The topological polar surface area (TPSA) is 85.8 Å². The average Bonchev–Trinajstić information content (AvgIpc) is 2.65. The van der Waals surface area contributed by atoms with Gasteiger partial charge in [0.05, 0.1) is 11.4 Å². The molecular formula is C22H39N5O2S.